The molecule has 128 valence electrons. The van der Waals surface area contributed by atoms with Crippen LogP contribution in [0.25, 0.3) is 0 Å². The maximum atomic E-state index is 13.1. The first-order chi connectivity index (χ1) is 11.6. The highest BCUT2D eigenvalue weighted by Crippen LogP contribution is 2.19. The van der Waals surface area contributed by atoms with E-state index in [-0.39, 0.29) is 5.82 Å². The summed E-state index contributed by atoms with van der Waals surface area (Å²) >= 11 is 11.4. The summed E-state index contributed by atoms with van der Waals surface area (Å²) in [6.07, 6.45) is 9.75. The summed E-state index contributed by atoms with van der Waals surface area (Å²) in [6, 6.07) is 4.84. The zero-order chi connectivity index (χ0) is 16.9. The van der Waals surface area contributed by atoms with Crippen molar-refractivity contribution in [3.05, 3.63) is 47.0 Å². The Balaban J connectivity index is 1.55. The van der Waals surface area contributed by atoms with Gasteiger partial charge in [0.15, 0.2) is 5.11 Å². The highest BCUT2D eigenvalue weighted by Gasteiger charge is 2.14. The molecule has 4 nitrogen and oxygen atoms in total. The van der Waals surface area contributed by atoms with E-state index in [1.54, 1.807) is 16.9 Å². The molecule has 7 heteroatoms. The standard InChI is InChI=1S/C17H20ClFN4S/c18-16-8-13(19)7-6-12(16)10-23-11-15(9-20-23)22-17(24)21-14-4-2-1-3-5-14/h6-9,11,14H,1-5,10H2,(H2,21,22,24). The summed E-state index contributed by atoms with van der Waals surface area (Å²) in [5, 5.41) is 11.8. The summed E-state index contributed by atoms with van der Waals surface area (Å²) in [5.74, 6) is -0.342. The Morgan fingerprint density at radius 3 is 2.88 bits per heavy atom. The van der Waals surface area contributed by atoms with Gasteiger partial charge in [0, 0.05) is 17.3 Å². The average Bonchev–Trinajstić information content (AvgIpc) is 2.98. The summed E-state index contributed by atoms with van der Waals surface area (Å²) in [5.41, 5.74) is 1.64. The first kappa shape index (κ1) is 17.2. The maximum Gasteiger partial charge on any atom is 0.171 e. The van der Waals surface area contributed by atoms with E-state index in [4.69, 9.17) is 23.8 Å². The van der Waals surface area contributed by atoms with Gasteiger partial charge in [-0.1, -0.05) is 36.9 Å². The molecule has 1 aliphatic carbocycles. The molecular weight excluding hydrogens is 347 g/mol. The summed E-state index contributed by atoms with van der Waals surface area (Å²) in [7, 11) is 0. The van der Waals surface area contributed by atoms with Crippen LogP contribution in [0.15, 0.2) is 30.6 Å². The molecule has 0 aliphatic heterocycles. The van der Waals surface area contributed by atoms with Crippen LogP contribution in [0, 0.1) is 5.82 Å². The third-order valence-corrected chi connectivity index (χ3v) is 4.75. The zero-order valence-electron chi connectivity index (χ0n) is 13.3. The van der Waals surface area contributed by atoms with E-state index < -0.39 is 0 Å². The lowest BCUT2D eigenvalue weighted by molar-refractivity contribution is 0.415. The third kappa shape index (κ3) is 4.68. The molecule has 0 atom stereocenters. The van der Waals surface area contributed by atoms with Crippen LogP contribution in [0.2, 0.25) is 5.02 Å². The number of nitrogens with one attached hydrogen (secondary N) is 2. The second-order valence-electron chi connectivity index (χ2n) is 6.10. The molecule has 0 spiro atoms. The van der Waals surface area contributed by atoms with E-state index in [1.165, 1.54) is 44.2 Å². The van der Waals surface area contributed by atoms with Gasteiger partial charge in [0.05, 0.1) is 18.4 Å². The molecule has 2 aromatic rings. The van der Waals surface area contributed by atoms with Gasteiger partial charge in [-0.2, -0.15) is 5.10 Å². The van der Waals surface area contributed by atoms with E-state index >= 15 is 0 Å². The van der Waals surface area contributed by atoms with Gasteiger partial charge in [-0.3, -0.25) is 4.68 Å². The Morgan fingerprint density at radius 2 is 2.12 bits per heavy atom. The Bertz CT molecular complexity index is 712. The van der Waals surface area contributed by atoms with Crippen molar-refractivity contribution in [2.45, 2.75) is 44.7 Å². The predicted molar refractivity (Wildman–Crippen MR) is 99.0 cm³/mol. The molecule has 3 rings (SSSR count). The van der Waals surface area contributed by atoms with Crippen molar-refractivity contribution in [2.75, 3.05) is 5.32 Å². The van der Waals surface area contributed by atoms with Crippen LogP contribution in [-0.2, 0) is 6.54 Å². The Morgan fingerprint density at radius 1 is 1.33 bits per heavy atom. The zero-order valence-corrected chi connectivity index (χ0v) is 14.8. The molecule has 1 saturated carbocycles. The SMILES string of the molecule is Fc1ccc(Cn2cc(NC(=S)NC3CCCCC3)cn2)c(Cl)c1. The van der Waals surface area contributed by atoms with Gasteiger partial charge >= 0.3 is 0 Å². The molecule has 1 fully saturated rings. The van der Waals surface area contributed by atoms with E-state index in [1.807, 2.05) is 6.20 Å². The number of nitrogens with zero attached hydrogens (tertiary/aromatic N) is 2. The third-order valence-electron chi connectivity index (χ3n) is 4.18. The molecule has 0 unspecified atom stereocenters. The van der Waals surface area contributed by atoms with Gasteiger partial charge in [0.2, 0.25) is 0 Å². The van der Waals surface area contributed by atoms with Crippen molar-refractivity contribution in [3.63, 3.8) is 0 Å². The normalized spacial score (nSPS) is 15.2. The minimum absolute atomic E-state index is 0.342. The van der Waals surface area contributed by atoms with Gasteiger partial charge < -0.3 is 10.6 Å². The largest absolute Gasteiger partial charge is 0.360 e. The monoisotopic (exact) mass is 366 g/mol. The van der Waals surface area contributed by atoms with Crippen molar-refractivity contribution in [3.8, 4) is 0 Å². The van der Waals surface area contributed by atoms with Gasteiger partial charge in [0.1, 0.15) is 5.82 Å². The Labute approximate surface area is 151 Å². The van der Waals surface area contributed by atoms with Gasteiger partial charge in [-0.25, -0.2) is 4.39 Å². The molecule has 1 aliphatic rings. The van der Waals surface area contributed by atoms with Crippen LogP contribution in [-0.4, -0.2) is 20.9 Å². The van der Waals surface area contributed by atoms with Crippen molar-refractivity contribution >= 4 is 34.6 Å². The first-order valence-corrected chi connectivity index (χ1v) is 8.93. The minimum atomic E-state index is -0.342. The molecule has 0 saturated heterocycles. The summed E-state index contributed by atoms with van der Waals surface area (Å²) in [6.45, 7) is 0.476. The fourth-order valence-corrected chi connectivity index (χ4v) is 3.45. The lowest BCUT2D eigenvalue weighted by Gasteiger charge is -2.24. The van der Waals surface area contributed by atoms with E-state index in [9.17, 15) is 4.39 Å². The molecule has 1 aromatic heterocycles. The molecule has 0 radical (unpaired) electrons. The van der Waals surface area contributed by atoms with Crippen LogP contribution >= 0.6 is 23.8 Å². The van der Waals surface area contributed by atoms with E-state index in [2.05, 4.69) is 15.7 Å². The van der Waals surface area contributed by atoms with Gasteiger partial charge in [-0.05, 0) is 42.8 Å². The highest BCUT2D eigenvalue weighted by atomic mass is 35.5. The summed E-state index contributed by atoms with van der Waals surface area (Å²) < 4.78 is 14.8. The van der Waals surface area contributed by atoms with Crippen LogP contribution in [0.5, 0.6) is 0 Å². The van der Waals surface area contributed by atoms with Crippen molar-refractivity contribution in [1.29, 1.82) is 0 Å². The maximum absolute atomic E-state index is 13.1. The molecule has 0 amide bonds. The molecule has 1 aromatic carbocycles. The lowest BCUT2D eigenvalue weighted by atomic mass is 9.96. The van der Waals surface area contributed by atoms with Crippen molar-refractivity contribution in [2.24, 2.45) is 0 Å². The topological polar surface area (TPSA) is 41.9 Å². The van der Waals surface area contributed by atoms with Crippen molar-refractivity contribution < 1.29 is 4.39 Å². The van der Waals surface area contributed by atoms with Crippen LogP contribution in [0.1, 0.15) is 37.7 Å². The number of hydrogen-bond donors (Lipinski definition) is 2. The number of aromatic nitrogens is 2. The minimum Gasteiger partial charge on any atom is -0.360 e. The van der Waals surface area contributed by atoms with Gasteiger partial charge in [-0.15, -0.1) is 0 Å². The number of benzene rings is 1. The number of thiocarbonyl (C=S) groups is 1. The fraction of sp³-hybridized carbons (Fsp3) is 0.412. The van der Waals surface area contributed by atoms with Crippen LogP contribution in [0.4, 0.5) is 10.1 Å². The Hall–Kier alpha value is -1.66. The van der Waals surface area contributed by atoms with Gasteiger partial charge in [0.25, 0.3) is 0 Å². The second-order valence-corrected chi connectivity index (χ2v) is 6.91. The lowest BCUT2D eigenvalue weighted by Crippen LogP contribution is -2.38. The van der Waals surface area contributed by atoms with E-state index in [0.717, 1.165) is 11.3 Å². The van der Waals surface area contributed by atoms with Crippen molar-refractivity contribution in [1.82, 2.24) is 15.1 Å². The van der Waals surface area contributed by atoms with Crippen LogP contribution in [0.3, 0.4) is 0 Å². The molecular formula is C17H20ClFN4S. The molecule has 1 heterocycles. The highest BCUT2D eigenvalue weighted by molar-refractivity contribution is 7.80. The van der Waals surface area contributed by atoms with E-state index in [0.29, 0.717) is 22.7 Å². The predicted octanol–water partition coefficient (Wildman–Crippen LogP) is 4.34. The second kappa shape index (κ2) is 7.94. The average molecular weight is 367 g/mol. The summed E-state index contributed by atoms with van der Waals surface area (Å²) in [4.78, 5) is 0. The number of rotatable bonds is 4. The van der Waals surface area contributed by atoms with Crippen LogP contribution < -0.4 is 10.6 Å². The number of anilines is 1. The molecule has 2 N–H and O–H groups in total. The quantitative estimate of drug-likeness (QED) is 0.790. The molecule has 0 bridgehead atoms. The number of halogens is 2. The first-order valence-electron chi connectivity index (χ1n) is 8.14. The molecule has 24 heavy (non-hydrogen) atoms. The fourth-order valence-electron chi connectivity index (χ4n) is 2.94. The Kier molecular flexibility index (Phi) is 5.68. The number of hydrogen-bond acceptors (Lipinski definition) is 2. The smallest absolute Gasteiger partial charge is 0.171 e.